The maximum absolute atomic E-state index is 5.70. The number of benzene rings is 1. The number of ether oxygens (including phenoxy) is 2. The summed E-state index contributed by atoms with van der Waals surface area (Å²) in [5, 5.41) is 3.58. The topological polar surface area (TPSA) is 30.5 Å². The molecule has 0 aliphatic rings. The maximum Gasteiger partial charge on any atom is 0.108 e. The zero-order valence-electron chi connectivity index (χ0n) is 18.4. The van der Waals surface area contributed by atoms with Gasteiger partial charge in [-0.3, -0.25) is 0 Å². The Balaban J connectivity index is 2.24. The van der Waals surface area contributed by atoms with Gasteiger partial charge in [0, 0.05) is 23.8 Å². The second-order valence-electron chi connectivity index (χ2n) is 9.02. The molecule has 0 radical (unpaired) electrons. The zero-order chi connectivity index (χ0) is 20.3. The Morgan fingerprint density at radius 2 is 1.63 bits per heavy atom. The van der Waals surface area contributed by atoms with Gasteiger partial charge < -0.3 is 14.8 Å². The highest BCUT2D eigenvalue weighted by atomic mass is 16.5. The van der Waals surface area contributed by atoms with Crippen molar-refractivity contribution in [1.82, 2.24) is 5.32 Å². The molecule has 3 nitrogen and oxygen atoms in total. The molecule has 1 N–H and O–H groups in total. The summed E-state index contributed by atoms with van der Waals surface area (Å²) in [7, 11) is 0. The van der Waals surface area contributed by atoms with E-state index in [9.17, 15) is 0 Å². The largest absolute Gasteiger partial charge is 0.381 e. The zero-order valence-corrected chi connectivity index (χ0v) is 18.4. The standard InChI is InChI=1S/C24H39NO2/c1-8-24(6,7)19-27-18-10-17-26-16-9-11-21-12-14-22(15-13-21)20(2)25-23(3,4)5/h12-15,20,25H,8,10,16-19H2,1-7H3. The molecule has 27 heavy (non-hydrogen) atoms. The van der Waals surface area contributed by atoms with Gasteiger partial charge in [0.1, 0.15) is 6.61 Å². The predicted octanol–water partition coefficient (Wildman–Crippen LogP) is 5.35. The molecule has 152 valence electrons. The fourth-order valence-corrected chi connectivity index (χ4v) is 2.56. The number of hydrogen-bond acceptors (Lipinski definition) is 3. The normalized spacial score (nSPS) is 13.1. The Labute approximate surface area is 167 Å². The lowest BCUT2D eigenvalue weighted by molar-refractivity contribution is 0.0448. The van der Waals surface area contributed by atoms with Crippen LogP contribution in [0.25, 0.3) is 0 Å². The number of rotatable bonds is 10. The van der Waals surface area contributed by atoms with Crippen LogP contribution in [0.15, 0.2) is 24.3 Å². The average molecular weight is 374 g/mol. The summed E-state index contributed by atoms with van der Waals surface area (Å²) in [6, 6.07) is 8.76. The maximum atomic E-state index is 5.70. The van der Waals surface area contributed by atoms with Gasteiger partial charge in [0.25, 0.3) is 0 Å². The van der Waals surface area contributed by atoms with Crippen molar-refractivity contribution in [2.75, 3.05) is 26.4 Å². The second kappa shape index (κ2) is 11.5. The summed E-state index contributed by atoms with van der Waals surface area (Å²) in [6.45, 7) is 18.1. The minimum atomic E-state index is 0.104. The molecule has 0 saturated carbocycles. The molecular formula is C24H39NO2. The molecule has 0 spiro atoms. The molecule has 0 bridgehead atoms. The Hall–Kier alpha value is -1.34. The van der Waals surface area contributed by atoms with E-state index in [1.54, 1.807) is 0 Å². The van der Waals surface area contributed by atoms with E-state index < -0.39 is 0 Å². The van der Waals surface area contributed by atoms with Crippen molar-refractivity contribution in [2.45, 2.75) is 72.9 Å². The highest BCUT2D eigenvalue weighted by Crippen LogP contribution is 2.19. The third-order valence-electron chi connectivity index (χ3n) is 4.49. The summed E-state index contributed by atoms with van der Waals surface area (Å²) in [5.41, 5.74) is 2.67. The molecule has 1 unspecified atom stereocenters. The number of hydrogen-bond donors (Lipinski definition) is 1. The molecule has 1 aromatic carbocycles. The summed E-state index contributed by atoms with van der Waals surface area (Å²) < 4.78 is 11.3. The van der Waals surface area contributed by atoms with E-state index in [1.165, 1.54) is 5.56 Å². The molecule has 1 rings (SSSR count). The summed E-state index contributed by atoms with van der Waals surface area (Å²) in [5.74, 6) is 6.25. The fraction of sp³-hybridized carbons (Fsp3) is 0.667. The van der Waals surface area contributed by atoms with Gasteiger partial charge >= 0.3 is 0 Å². The lowest BCUT2D eigenvalue weighted by atomic mass is 9.92. The van der Waals surface area contributed by atoms with Crippen LogP contribution in [0.2, 0.25) is 0 Å². The quantitative estimate of drug-likeness (QED) is 0.443. The van der Waals surface area contributed by atoms with E-state index in [4.69, 9.17) is 9.47 Å². The van der Waals surface area contributed by atoms with E-state index in [1.807, 2.05) is 0 Å². The van der Waals surface area contributed by atoms with Crippen molar-refractivity contribution in [3.8, 4) is 11.8 Å². The summed E-state index contributed by atoms with van der Waals surface area (Å²) >= 11 is 0. The van der Waals surface area contributed by atoms with E-state index in [2.05, 4.69) is 89.9 Å². The molecule has 0 fully saturated rings. The van der Waals surface area contributed by atoms with E-state index in [-0.39, 0.29) is 11.0 Å². The third kappa shape index (κ3) is 11.2. The Morgan fingerprint density at radius 1 is 1.00 bits per heavy atom. The molecule has 0 saturated heterocycles. The highest BCUT2D eigenvalue weighted by Gasteiger charge is 2.15. The van der Waals surface area contributed by atoms with Crippen molar-refractivity contribution in [1.29, 1.82) is 0 Å². The molecule has 0 aliphatic heterocycles. The molecule has 0 heterocycles. The van der Waals surface area contributed by atoms with Crippen LogP contribution >= 0.6 is 0 Å². The molecule has 1 atom stereocenters. The second-order valence-corrected chi connectivity index (χ2v) is 9.02. The first-order chi connectivity index (χ1) is 12.6. The van der Waals surface area contributed by atoms with Gasteiger partial charge in [-0.15, -0.1) is 0 Å². The van der Waals surface area contributed by atoms with Crippen LogP contribution in [0.4, 0.5) is 0 Å². The molecule has 0 amide bonds. The van der Waals surface area contributed by atoms with Gasteiger partial charge in [-0.2, -0.15) is 0 Å². The molecular weight excluding hydrogens is 334 g/mol. The van der Waals surface area contributed by atoms with Gasteiger partial charge in [0.15, 0.2) is 0 Å². The van der Waals surface area contributed by atoms with E-state index >= 15 is 0 Å². The van der Waals surface area contributed by atoms with Gasteiger partial charge in [0.05, 0.1) is 13.2 Å². The minimum Gasteiger partial charge on any atom is -0.381 e. The SMILES string of the molecule is CCC(C)(C)COCCCOCC#Cc1ccc(C(C)NC(C)(C)C)cc1. The van der Waals surface area contributed by atoms with Crippen LogP contribution in [-0.2, 0) is 9.47 Å². The van der Waals surface area contributed by atoms with Crippen molar-refractivity contribution in [3.63, 3.8) is 0 Å². The molecule has 3 heteroatoms. The van der Waals surface area contributed by atoms with Crippen LogP contribution in [0.1, 0.15) is 78.5 Å². The van der Waals surface area contributed by atoms with Gasteiger partial charge in [-0.05, 0) is 63.6 Å². The number of nitrogens with one attached hydrogen (secondary N) is 1. The Kier molecular flexibility index (Phi) is 10.1. The monoisotopic (exact) mass is 373 g/mol. The van der Waals surface area contributed by atoms with E-state index in [0.29, 0.717) is 19.3 Å². The average Bonchev–Trinajstić information content (AvgIpc) is 2.59. The van der Waals surface area contributed by atoms with Crippen LogP contribution in [0, 0.1) is 17.3 Å². The van der Waals surface area contributed by atoms with Crippen LogP contribution in [-0.4, -0.2) is 32.0 Å². The molecule has 0 aromatic heterocycles. The lowest BCUT2D eigenvalue weighted by Crippen LogP contribution is -2.37. The lowest BCUT2D eigenvalue weighted by Gasteiger charge is -2.26. The molecule has 0 aliphatic carbocycles. The third-order valence-corrected chi connectivity index (χ3v) is 4.49. The Morgan fingerprint density at radius 3 is 2.22 bits per heavy atom. The molecule has 1 aromatic rings. The summed E-state index contributed by atoms with van der Waals surface area (Å²) in [6.07, 6.45) is 2.04. The van der Waals surface area contributed by atoms with E-state index in [0.717, 1.165) is 31.6 Å². The van der Waals surface area contributed by atoms with Crippen molar-refractivity contribution in [2.24, 2.45) is 5.41 Å². The van der Waals surface area contributed by atoms with Crippen LogP contribution < -0.4 is 5.32 Å². The van der Waals surface area contributed by atoms with Gasteiger partial charge in [0.2, 0.25) is 0 Å². The van der Waals surface area contributed by atoms with Gasteiger partial charge in [-0.25, -0.2) is 0 Å². The van der Waals surface area contributed by atoms with Crippen LogP contribution in [0.5, 0.6) is 0 Å². The first kappa shape index (κ1) is 23.7. The predicted molar refractivity (Wildman–Crippen MR) is 115 cm³/mol. The first-order valence-corrected chi connectivity index (χ1v) is 10.1. The van der Waals surface area contributed by atoms with Crippen LogP contribution in [0.3, 0.4) is 0 Å². The van der Waals surface area contributed by atoms with Crippen molar-refractivity contribution < 1.29 is 9.47 Å². The Bertz CT molecular complexity index is 588. The fourth-order valence-electron chi connectivity index (χ4n) is 2.56. The minimum absolute atomic E-state index is 0.104. The highest BCUT2D eigenvalue weighted by molar-refractivity contribution is 5.37. The smallest absolute Gasteiger partial charge is 0.108 e. The first-order valence-electron chi connectivity index (χ1n) is 10.1. The van der Waals surface area contributed by atoms with Gasteiger partial charge in [-0.1, -0.05) is 44.7 Å². The van der Waals surface area contributed by atoms with Crippen molar-refractivity contribution >= 4 is 0 Å². The summed E-state index contributed by atoms with van der Waals surface area (Å²) in [4.78, 5) is 0. The van der Waals surface area contributed by atoms with Crippen molar-refractivity contribution in [3.05, 3.63) is 35.4 Å².